The van der Waals surface area contributed by atoms with Crippen LogP contribution in [-0.2, 0) is 4.74 Å². The Balaban J connectivity index is 1.54. The monoisotopic (exact) mass is 312 g/mol. The van der Waals surface area contributed by atoms with Gasteiger partial charge in [0.1, 0.15) is 5.82 Å². The second-order valence-corrected chi connectivity index (χ2v) is 5.69. The molecule has 0 amide bonds. The van der Waals surface area contributed by atoms with Crippen LogP contribution in [0.15, 0.2) is 22.8 Å². The molecule has 3 nitrogen and oxygen atoms in total. The van der Waals surface area contributed by atoms with Gasteiger partial charge < -0.3 is 10.1 Å². The van der Waals surface area contributed by atoms with Crippen LogP contribution >= 0.6 is 15.9 Å². The lowest BCUT2D eigenvalue weighted by molar-refractivity contribution is 0.0284. The number of ether oxygens (including phenoxy) is 1. The van der Waals surface area contributed by atoms with Gasteiger partial charge in [-0.3, -0.25) is 0 Å². The molecule has 1 fully saturated rings. The number of hydrogen-bond acceptors (Lipinski definition) is 3. The number of nitrogens with zero attached hydrogens (tertiary/aromatic N) is 1. The SMILES string of the molecule is Brc1ccc(NCCCOC2CCCCC2)nc1. The van der Waals surface area contributed by atoms with Gasteiger partial charge in [-0.25, -0.2) is 4.98 Å². The lowest BCUT2D eigenvalue weighted by atomic mass is 9.98. The van der Waals surface area contributed by atoms with E-state index in [1.807, 2.05) is 12.1 Å². The van der Waals surface area contributed by atoms with Crippen LogP contribution in [0.1, 0.15) is 38.5 Å². The molecule has 1 aromatic heterocycles. The molecule has 1 aliphatic carbocycles. The Morgan fingerprint density at radius 3 is 2.83 bits per heavy atom. The average Bonchev–Trinajstić information content (AvgIpc) is 2.42. The third kappa shape index (κ3) is 4.94. The van der Waals surface area contributed by atoms with Gasteiger partial charge in [0.05, 0.1) is 6.10 Å². The number of halogens is 1. The Morgan fingerprint density at radius 2 is 2.11 bits per heavy atom. The molecule has 18 heavy (non-hydrogen) atoms. The van der Waals surface area contributed by atoms with Gasteiger partial charge in [-0.15, -0.1) is 0 Å². The Kier molecular flexibility index (Phi) is 5.94. The summed E-state index contributed by atoms with van der Waals surface area (Å²) in [6.45, 7) is 1.77. The second kappa shape index (κ2) is 7.74. The second-order valence-electron chi connectivity index (χ2n) is 4.77. The standard InChI is InChI=1S/C14H21BrN2O/c15-12-7-8-14(17-11-12)16-9-4-10-18-13-5-2-1-3-6-13/h7-8,11,13H,1-6,9-10H2,(H,16,17). The highest BCUT2D eigenvalue weighted by Gasteiger charge is 2.12. The van der Waals surface area contributed by atoms with Gasteiger partial charge in [-0.1, -0.05) is 19.3 Å². The minimum atomic E-state index is 0.518. The van der Waals surface area contributed by atoms with Crippen molar-refractivity contribution in [3.05, 3.63) is 22.8 Å². The van der Waals surface area contributed by atoms with Gasteiger partial charge in [-0.2, -0.15) is 0 Å². The molecule has 1 heterocycles. The molecule has 1 aliphatic rings. The van der Waals surface area contributed by atoms with E-state index in [1.165, 1.54) is 32.1 Å². The van der Waals surface area contributed by atoms with E-state index in [9.17, 15) is 0 Å². The molecule has 1 aromatic rings. The first kappa shape index (κ1) is 13.8. The summed E-state index contributed by atoms with van der Waals surface area (Å²) in [4.78, 5) is 4.27. The van der Waals surface area contributed by atoms with Gasteiger partial charge in [-0.05, 0) is 47.3 Å². The zero-order chi connectivity index (χ0) is 12.6. The Hall–Kier alpha value is -0.610. The van der Waals surface area contributed by atoms with E-state index in [4.69, 9.17) is 4.74 Å². The maximum atomic E-state index is 5.87. The van der Waals surface area contributed by atoms with Crippen molar-refractivity contribution in [2.24, 2.45) is 0 Å². The highest BCUT2D eigenvalue weighted by Crippen LogP contribution is 2.20. The van der Waals surface area contributed by atoms with Crippen molar-refractivity contribution >= 4 is 21.7 Å². The molecule has 0 aliphatic heterocycles. The van der Waals surface area contributed by atoms with Gasteiger partial charge >= 0.3 is 0 Å². The summed E-state index contributed by atoms with van der Waals surface area (Å²) in [6.07, 6.45) is 9.93. The lowest BCUT2D eigenvalue weighted by Gasteiger charge is -2.21. The largest absolute Gasteiger partial charge is 0.378 e. The predicted octanol–water partition coefficient (Wildman–Crippen LogP) is 4.00. The van der Waals surface area contributed by atoms with Crippen LogP contribution in [0.3, 0.4) is 0 Å². The Labute approximate surface area is 117 Å². The van der Waals surface area contributed by atoms with Crippen LogP contribution in [-0.4, -0.2) is 24.2 Å². The van der Waals surface area contributed by atoms with E-state index in [0.717, 1.165) is 29.9 Å². The number of hydrogen-bond donors (Lipinski definition) is 1. The third-order valence-corrected chi connectivity index (χ3v) is 3.73. The maximum absolute atomic E-state index is 5.87. The molecule has 2 rings (SSSR count). The van der Waals surface area contributed by atoms with Gasteiger partial charge in [0.15, 0.2) is 0 Å². The molecular weight excluding hydrogens is 292 g/mol. The number of anilines is 1. The van der Waals surface area contributed by atoms with Crippen LogP contribution in [0.5, 0.6) is 0 Å². The molecule has 1 N–H and O–H groups in total. The van der Waals surface area contributed by atoms with Crippen molar-refractivity contribution in [2.45, 2.75) is 44.6 Å². The summed E-state index contributed by atoms with van der Waals surface area (Å²) < 4.78 is 6.88. The van der Waals surface area contributed by atoms with E-state index in [-0.39, 0.29) is 0 Å². The molecule has 4 heteroatoms. The molecule has 0 atom stereocenters. The summed E-state index contributed by atoms with van der Waals surface area (Å²) >= 11 is 3.37. The topological polar surface area (TPSA) is 34.1 Å². The van der Waals surface area contributed by atoms with Crippen molar-refractivity contribution in [1.82, 2.24) is 4.98 Å². The zero-order valence-corrected chi connectivity index (χ0v) is 12.3. The summed E-state index contributed by atoms with van der Waals surface area (Å²) in [5, 5.41) is 3.30. The van der Waals surface area contributed by atoms with E-state index in [1.54, 1.807) is 6.20 Å². The molecule has 0 spiro atoms. The fourth-order valence-corrected chi connectivity index (χ4v) is 2.49. The number of pyridine rings is 1. The van der Waals surface area contributed by atoms with Crippen LogP contribution < -0.4 is 5.32 Å². The Bertz CT molecular complexity index is 336. The molecule has 0 radical (unpaired) electrons. The molecule has 1 saturated carbocycles. The minimum absolute atomic E-state index is 0.518. The maximum Gasteiger partial charge on any atom is 0.125 e. The van der Waals surface area contributed by atoms with Crippen molar-refractivity contribution < 1.29 is 4.74 Å². The molecule has 100 valence electrons. The lowest BCUT2D eigenvalue weighted by Crippen LogP contribution is -2.18. The van der Waals surface area contributed by atoms with Crippen molar-refractivity contribution in [3.8, 4) is 0 Å². The number of rotatable bonds is 6. The fourth-order valence-electron chi connectivity index (χ4n) is 2.25. The summed E-state index contributed by atoms with van der Waals surface area (Å²) in [6, 6.07) is 3.97. The highest BCUT2D eigenvalue weighted by molar-refractivity contribution is 9.10. The molecule has 0 unspecified atom stereocenters. The van der Waals surface area contributed by atoms with Crippen LogP contribution in [0.4, 0.5) is 5.82 Å². The number of nitrogens with one attached hydrogen (secondary N) is 1. The summed E-state index contributed by atoms with van der Waals surface area (Å²) in [5.41, 5.74) is 0. The average molecular weight is 313 g/mol. The summed E-state index contributed by atoms with van der Waals surface area (Å²) in [7, 11) is 0. The van der Waals surface area contributed by atoms with Crippen molar-refractivity contribution in [2.75, 3.05) is 18.5 Å². The molecule has 0 bridgehead atoms. The molecule has 0 saturated heterocycles. The molecular formula is C14H21BrN2O. The van der Waals surface area contributed by atoms with Crippen molar-refractivity contribution in [3.63, 3.8) is 0 Å². The normalized spacial score (nSPS) is 16.7. The van der Waals surface area contributed by atoms with Crippen molar-refractivity contribution in [1.29, 1.82) is 0 Å². The van der Waals surface area contributed by atoms with E-state index in [2.05, 4.69) is 26.2 Å². The van der Waals surface area contributed by atoms with Crippen LogP contribution in [0, 0.1) is 0 Å². The van der Waals surface area contributed by atoms with Crippen LogP contribution in [0.25, 0.3) is 0 Å². The van der Waals surface area contributed by atoms with Crippen LogP contribution in [0.2, 0.25) is 0 Å². The fraction of sp³-hybridized carbons (Fsp3) is 0.643. The molecule has 0 aromatic carbocycles. The predicted molar refractivity (Wildman–Crippen MR) is 77.9 cm³/mol. The zero-order valence-electron chi connectivity index (χ0n) is 10.7. The minimum Gasteiger partial charge on any atom is -0.378 e. The first-order valence-electron chi connectivity index (χ1n) is 6.81. The van der Waals surface area contributed by atoms with E-state index >= 15 is 0 Å². The van der Waals surface area contributed by atoms with Gasteiger partial charge in [0, 0.05) is 23.8 Å². The van der Waals surface area contributed by atoms with E-state index < -0.39 is 0 Å². The van der Waals surface area contributed by atoms with E-state index in [0.29, 0.717) is 6.10 Å². The number of aromatic nitrogens is 1. The smallest absolute Gasteiger partial charge is 0.125 e. The van der Waals surface area contributed by atoms with Gasteiger partial charge in [0.2, 0.25) is 0 Å². The Morgan fingerprint density at radius 1 is 1.28 bits per heavy atom. The quantitative estimate of drug-likeness (QED) is 0.806. The highest BCUT2D eigenvalue weighted by atomic mass is 79.9. The first-order valence-corrected chi connectivity index (χ1v) is 7.61. The van der Waals surface area contributed by atoms with Gasteiger partial charge in [0.25, 0.3) is 0 Å². The summed E-state index contributed by atoms with van der Waals surface area (Å²) in [5.74, 6) is 0.927. The third-order valence-electron chi connectivity index (χ3n) is 3.26. The first-order chi connectivity index (χ1) is 8.84.